The summed E-state index contributed by atoms with van der Waals surface area (Å²) in [7, 11) is 0. The molecule has 0 aliphatic rings. The van der Waals surface area contributed by atoms with Crippen molar-refractivity contribution in [2.45, 2.75) is 26.2 Å². The lowest BCUT2D eigenvalue weighted by atomic mass is 10.1. The van der Waals surface area contributed by atoms with E-state index >= 15 is 0 Å². The second-order valence-corrected chi connectivity index (χ2v) is 4.96. The molecule has 0 bridgehead atoms. The Kier molecular flexibility index (Phi) is 3.78. The molecule has 2 rings (SSSR count). The Morgan fingerprint density at radius 1 is 1.39 bits per heavy atom. The average molecular weight is 286 g/mol. The molecule has 6 heteroatoms. The van der Waals surface area contributed by atoms with Crippen molar-refractivity contribution in [3.8, 4) is 11.5 Å². The van der Waals surface area contributed by atoms with Crippen LogP contribution < -0.4 is 5.73 Å². The summed E-state index contributed by atoms with van der Waals surface area (Å²) in [6.07, 6.45) is 0.935. The number of nitrogens with zero attached hydrogens (tertiary/aromatic N) is 2. The lowest BCUT2D eigenvalue weighted by molar-refractivity contribution is 0.416. The van der Waals surface area contributed by atoms with Gasteiger partial charge in [-0.15, -0.1) is 0 Å². The van der Waals surface area contributed by atoms with Gasteiger partial charge in [-0.05, 0) is 18.6 Å². The van der Waals surface area contributed by atoms with Crippen LogP contribution in [-0.4, -0.2) is 10.1 Å². The van der Waals surface area contributed by atoms with Gasteiger partial charge in [0.25, 0.3) is 5.89 Å². The van der Waals surface area contributed by atoms with Gasteiger partial charge in [0.15, 0.2) is 5.82 Å². The zero-order valence-corrected chi connectivity index (χ0v) is 11.6. The Bertz CT molecular complexity index is 568. The lowest BCUT2D eigenvalue weighted by Crippen LogP contribution is -1.95. The number of halogens is 2. The maximum Gasteiger partial charge on any atom is 0.260 e. The number of hydrogen-bond donors (Lipinski definition) is 1. The highest BCUT2D eigenvalue weighted by atomic mass is 35.5. The van der Waals surface area contributed by atoms with Crippen LogP contribution in [0.5, 0.6) is 0 Å². The minimum atomic E-state index is 0.235. The smallest absolute Gasteiger partial charge is 0.260 e. The topological polar surface area (TPSA) is 64.9 Å². The number of rotatable bonds is 3. The Morgan fingerprint density at radius 2 is 2.11 bits per heavy atom. The van der Waals surface area contributed by atoms with Crippen LogP contribution in [0.1, 0.15) is 32.0 Å². The summed E-state index contributed by atoms with van der Waals surface area (Å²) in [4.78, 5) is 4.32. The van der Waals surface area contributed by atoms with Gasteiger partial charge in [0.2, 0.25) is 0 Å². The fraction of sp³-hybridized carbons (Fsp3) is 0.333. The molecule has 0 aliphatic heterocycles. The molecular formula is C12H13Cl2N3O. The summed E-state index contributed by atoms with van der Waals surface area (Å²) < 4.78 is 5.21. The maximum absolute atomic E-state index is 5.97. The van der Waals surface area contributed by atoms with E-state index in [9.17, 15) is 0 Å². The molecule has 1 heterocycles. The van der Waals surface area contributed by atoms with Crippen molar-refractivity contribution < 1.29 is 4.52 Å². The molecule has 0 spiro atoms. The number of benzene rings is 1. The highest BCUT2D eigenvalue weighted by Gasteiger charge is 2.17. The second kappa shape index (κ2) is 5.16. The summed E-state index contributed by atoms with van der Waals surface area (Å²) in [5.74, 6) is 1.23. The van der Waals surface area contributed by atoms with Crippen LogP contribution in [0.2, 0.25) is 10.0 Å². The zero-order chi connectivity index (χ0) is 13.3. The number of aromatic nitrogens is 2. The van der Waals surface area contributed by atoms with E-state index in [1.54, 1.807) is 12.1 Å². The van der Waals surface area contributed by atoms with Crippen molar-refractivity contribution in [1.29, 1.82) is 0 Å². The van der Waals surface area contributed by atoms with Crippen LogP contribution in [0.4, 0.5) is 5.69 Å². The molecule has 0 saturated heterocycles. The van der Waals surface area contributed by atoms with Crippen LogP contribution in [0.3, 0.4) is 0 Å². The second-order valence-electron chi connectivity index (χ2n) is 4.12. The molecule has 2 N–H and O–H groups in total. The van der Waals surface area contributed by atoms with Gasteiger partial charge in [0.05, 0.1) is 16.3 Å². The third-order valence-corrected chi connectivity index (χ3v) is 3.35. The molecule has 1 atom stereocenters. The zero-order valence-electron chi connectivity index (χ0n) is 10.1. The van der Waals surface area contributed by atoms with Crippen molar-refractivity contribution in [3.05, 3.63) is 28.0 Å². The van der Waals surface area contributed by atoms with Gasteiger partial charge in [-0.3, -0.25) is 0 Å². The Morgan fingerprint density at radius 3 is 2.78 bits per heavy atom. The van der Waals surface area contributed by atoms with Crippen molar-refractivity contribution in [3.63, 3.8) is 0 Å². The van der Waals surface area contributed by atoms with Gasteiger partial charge in [0, 0.05) is 10.9 Å². The van der Waals surface area contributed by atoms with E-state index in [2.05, 4.69) is 17.1 Å². The number of nitrogens with two attached hydrogens (primary N) is 1. The highest BCUT2D eigenvalue weighted by molar-refractivity contribution is 6.37. The summed E-state index contributed by atoms with van der Waals surface area (Å²) >= 11 is 11.9. The van der Waals surface area contributed by atoms with E-state index in [-0.39, 0.29) is 5.92 Å². The fourth-order valence-corrected chi connectivity index (χ4v) is 1.98. The van der Waals surface area contributed by atoms with Crippen molar-refractivity contribution >= 4 is 28.9 Å². The molecule has 0 saturated carbocycles. The van der Waals surface area contributed by atoms with Crippen LogP contribution in [0, 0.1) is 0 Å². The van der Waals surface area contributed by atoms with Gasteiger partial charge in [-0.25, -0.2) is 0 Å². The summed E-state index contributed by atoms with van der Waals surface area (Å²) in [5, 5.41) is 4.79. The van der Waals surface area contributed by atoms with Crippen LogP contribution in [0.25, 0.3) is 11.5 Å². The van der Waals surface area contributed by atoms with Crippen molar-refractivity contribution in [2.24, 2.45) is 0 Å². The van der Waals surface area contributed by atoms with E-state index in [0.29, 0.717) is 33.0 Å². The Balaban J connectivity index is 2.46. The molecule has 18 heavy (non-hydrogen) atoms. The average Bonchev–Trinajstić information content (AvgIpc) is 2.82. The van der Waals surface area contributed by atoms with E-state index in [1.165, 1.54) is 0 Å². The molecule has 0 fully saturated rings. The minimum absolute atomic E-state index is 0.235. The molecule has 1 aromatic carbocycles. The van der Waals surface area contributed by atoms with E-state index in [0.717, 1.165) is 6.42 Å². The predicted molar refractivity (Wildman–Crippen MR) is 72.9 cm³/mol. The molecule has 2 aromatic rings. The van der Waals surface area contributed by atoms with Gasteiger partial charge in [-0.1, -0.05) is 42.2 Å². The monoisotopic (exact) mass is 285 g/mol. The van der Waals surface area contributed by atoms with Gasteiger partial charge in [0.1, 0.15) is 0 Å². The molecule has 0 aliphatic carbocycles. The molecule has 1 aromatic heterocycles. The predicted octanol–water partition coefficient (Wildman–Crippen LogP) is 4.14. The maximum atomic E-state index is 5.97. The molecule has 1 unspecified atom stereocenters. The first kappa shape index (κ1) is 13.2. The lowest BCUT2D eigenvalue weighted by Gasteiger charge is -2.04. The largest absolute Gasteiger partial charge is 0.397 e. The normalized spacial score (nSPS) is 12.7. The minimum Gasteiger partial charge on any atom is -0.397 e. The van der Waals surface area contributed by atoms with Crippen LogP contribution in [0.15, 0.2) is 16.7 Å². The number of anilines is 1. The SMILES string of the molecule is CCC(C)c1noc(-c2cc(Cl)cc(Cl)c2N)n1. The molecule has 4 nitrogen and oxygen atoms in total. The number of nitrogen functional groups attached to an aromatic ring is 1. The molecule has 96 valence electrons. The molecule has 0 amide bonds. The third kappa shape index (κ3) is 2.44. The third-order valence-electron chi connectivity index (χ3n) is 2.82. The molecular weight excluding hydrogens is 273 g/mol. The summed E-state index contributed by atoms with van der Waals surface area (Å²) in [6.45, 7) is 4.09. The van der Waals surface area contributed by atoms with Crippen molar-refractivity contribution in [1.82, 2.24) is 10.1 Å². The Hall–Kier alpha value is -1.26. The van der Waals surface area contributed by atoms with Gasteiger partial charge >= 0.3 is 0 Å². The van der Waals surface area contributed by atoms with E-state index in [1.807, 2.05) is 6.92 Å². The fourth-order valence-electron chi connectivity index (χ4n) is 1.49. The first-order valence-corrected chi connectivity index (χ1v) is 6.37. The summed E-state index contributed by atoms with van der Waals surface area (Å²) in [5.41, 5.74) is 6.84. The quantitative estimate of drug-likeness (QED) is 0.861. The summed E-state index contributed by atoms with van der Waals surface area (Å²) in [6, 6.07) is 3.24. The Labute approximate surface area is 115 Å². The van der Waals surface area contributed by atoms with E-state index in [4.69, 9.17) is 33.5 Å². The van der Waals surface area contributed by atoms with Gasteiger partial charge < -0.3 is 10.3 Å². The first-order chi connectivity index (χ1) is 8.52. The van der Waals surface area contributed by atoms with Gasteiger partial charge in [-0.2, -0.15) is 4.98 Å². The van der Waals surface area contributed by atoms with Crippen molar-refractivity contribution in [2.75, 3.05) is 5.73 Å². The van der Waals surface area contributed by atoms with E-state index < -0.39 is 0 Å². The van der Waals surface area contributed by atoms with Crippen LogP contribution >= 0.6 is 23.2 Å². The van der Waals surface area contributed by atoms with Crippen LogP contribution in [-0.2, 0) is 0 Å². The standard InChI is InChI=1S/C12H13Cl2N3O/c1-3-6(2)11-16-12(18-17-11)8-4-7(13)5-9(14)10(8)15/h4-6H,3,15H2,1-2H3. The molecule has 0 radical (unpaired) electrons. The first-order valence-electron chi connectivity index (χ1n) is 5.61. The highest BCUT2D eigenvalue weighted by Crippen LogP contribution is 2.34. The number of hydrogen-bond acceptors (Lipinski definition) is 4.